The summed E-state index contributed by atoms with van der Waals surface area (Å²) in [4.78, 5) is 0. The van der Waals surface area contributed by atoms with Crippen molar-refractivity contribution in [1.29, 1.82) is 0 Å². The summed E-state index contributed by atoms with van der Waals surface area (Å²) in [7, 11) is -1.80. The van der Waals surface area contributed by atoms with Gasteiger partial charge in [-0.2, -0.15) is 0 Å². The lowest BCUT2D eigenvalue weighted by Gasteiger charge is -2.45. The molecule has 0 rings (SSSR count). The molecule has 0 saturated heterocycles. The van der Waals surface area contributed by atoms with Gasteiger partial charge in [-0.25, -0.2) is 0 Å². The summed E-state index contributed by atoms with van der Waals surface area (Å²) in [5, 5.41) is 10.5. The average molecular weight is 287 g/mol. The lowest BCUT2D eigenvalue weighted by atomic mass is 9.79. The van der Waals surface area contributed by atoms with Crippen LogP contribution in [0, 0.1) is 5.41 Å². The first-order valence-corrected chi connectivity index (χ1v) is 10.3. The van der Waals surface area contributed by atoms with Crippen molar-refractivity contribution >= 4 is 8.32 Å². The van der Waals surface area contributed by atoms with Gasteiger partial charge in [0.15, 0.2) is 8.32 Å². The Morgan fingerprint density at radius 1 is 1.16 bits per heavy atom. The Kier molecular flexibility index (Phi) is 6.51. The minimum Gasteiger partial charge on any atom is -0.413 e. The monoisotopic (exact) mass is 286 g/mol. The highest BCUT2D eigenvalue weighted by atomic mass is 28.4. The molecule has 3 heteroatoms. The number of rotatable bonds is 6. The van der Waals surface area contributed by atoms with Crippen molar-refractivity contribution in [1.82, 2.24) is 0 Å². The second kappa shape index (κ2) is 6.55. The molecule has 0 heterocycles. The summed E-state index contributed by atoms with van der Waals surface area (Å²) in [5.74, 6) is 0. The first-order valence-electron chi connectivity index (χ1n) is 7.38. The summed E-state index contributed by atoms with van der Waals surface area (Å²) < 4.78 is 6.53. The van der Waals surface area contributed by atoms with Gasteiger partial charge in [0.2, 0.25) is 0 Å². The van der Waals surface area contributed by atoms with Gasteiger partial charge in [0.1, 0.15) is 0 Å². The number of hydrogen-bond acceptors (Lipinski definition) is 2. The molecule has 0 aromatic carbocycles. The predicted octanol–water partition coefficient (Wildman–Crippen LogP) is 4.75. The number of aliphatic hydroxyl groups excluding tert-OH is 1. The molecule has 0 aliphatic heterocycles. The predicted molar refractivity (Wildman–Crippen MR) is 87.0 cm³/mol. The maximum absolute atomic E-state index is 10.3. The molecule has 0 saturated carbocycles. The van der Waals surface area contributed by atoms with Crippen molar-refractivity contribution in [2.24, 2.45) is 5.41 Å². The van der Waals surface area contributed by atoms with E-state index in [2.05, 4.69) is 54.6 Å². The highest BCUT2D eigenvalue weighted by molar-refractivity contribution is 6.74. The van der Waals surface area contributed by atoms with Crippen molar-refractivity contribution in [3.63, 3.8) is 0 Å². The topological polar surface area (TPSA) is 29.5 Å². The molecule has 2 atom stereocenters. The van der Waals surface area contributed by atoms with Crippen LogP contribution in [0.1, 0.15) is 54.9 Å². The number of aliphatic hydroxyl groups is 1. The van der Waals surface area contributed by atoms with Gasteiger partial charge in [-0.1, -0.05) is 53.7 Å². The van der Waals surface area contributed by atoms with Crippen LogP contribution in [0.3, 0.4) is 0 Å². The van der Waals surface area contributed by atoms with Gasteiger partial charge in [-0.3, -0.25) is 0 Å². The standard InChI is InChI=1S/C16H34O2Si/c1-10-12-13(17)16(6,7)14(11-2)18-19(8,9)15(3,4)5/h10,12-14,17H,11H2,1-9H3. The van der Waals surface area contributed by atoms with Gasteiger partial charge in [0, 0.05) is 5.41 Å². The largest absolute Gasteiger partial charge is 0.413 e. The second-order valence-electron chi connectivity index (χ2n) is 7.57. The van der Waals surface area contributed by atoms with E-state index in [4.69, 9.17) is 4.43 Å². The molecular weight excluding hydrogens is 252 g/mol. The zero-order valence-electron chi connectivity index (χ0n) is 14.4. The lowest BCUT2D eigenvalue weighted by Crippen LogP contribution is -2.50. The van der Waals surface area contributed by atoms with Gasteiger partial charge in [0.05, 0.1) is 12.2 Å². The Morgan fingerprint density at radius 2 is 1.63 bits per heavy atom. The first kappa shape index (κ1) is 18.9. The minimum absolute atomic E-state index is 0.0830. The molecule has 19 heavy (non-hydrogen) atoms. The molecule has 0 radical (unpaired) electrons. The van der Waals surface area contributed by atoms with Crippen LogP contribution in [-0.4, -0.2) is 25.6 Å². The fourth-order valence-corrected chi connectivity index (χ4v) is 3.45. The van der Waals surface area contributed by atoms with E-state index in [0.29, 0.717) is 0 Å². The average Bonchev–Trinajstić information content (AvgIpc) is 2.24. The Hall–Kier alpha value is -0.123. The second-order valence-corrected chi connectivity index (χ2v) is 12.3. The number of hydrogen-bond donors (Lipinski definition) is 1. The molecule has 0 spiro atoms. The zero-order valence-corrected chi connectivity index (χ0v) is 15.4. The molecule has 0 aliphatic rings. The Balaban J connectivity index is 5.13. The molecule has 0 aliphatic carbocycles. The van der Waals surface area contributed by atoms with E-state index in [1.54, 1.807) is 0 Å². The molecule has 2 unspecified atom stereocenters. The molecule has 0 bridgehead atoms. The van der Waals surface area contributed by atoms with E-state index in [0.717, 1.165) is 6.42 Å². The van der Waals surface area contributed by atoms with Gasteiger partial charge in [0.25, 0.3) is 0 Å². The van der Waals surface area contributed by atoms with Crippen LogP contribution >= 0.6 is 0 Å². The quantitative estimate of drug-likeness (QED) is 0.564. The SMILES string of the molecule is CC=CC(O)C(C)(C)C(CC)O[Si](C)(C)C(C)(C)C. The van der Waals surface area contributed by atoms with E-state index in [-0.39, 0.29) is 16.6 Å². The summed E-state index contributed by atoms with van der Waals surface area (Å²) in [6, 6.07) is 0. The molecule has 0 amide bonds. The van der Waals surface area contributed by atoms with Crippen LogP contribution in [0.5, 0.6) is 0 Å². The van der Waals surface area contributed by atoms with Gasteiger partial charge >= 0.3 is 0 Å². The minimum atomic E-state index is -1.80. The third-order valence-corrected chi connectivity index (χ3v) is 9.07. The van der Waals surface area contributed by atoms with Crippen molar-refractivity contribution in [2.45, 2.75) is 85.2 Å². The zero-order chi connectivity index (χ0) is 15.5. The fraction of sp³-hybridized carbons (Fsp3) is 0.875. The molecule has 0 aromatic rings. The highest BCUT2D eigenvalue weighted by Crippen LogP contribution is 2.41. The van der Waals surface area contributed by atoms with E-state index in [1.807, 2.05) is 19.1 Å². The van der Waals surface area contributed by atoms with Gasteiger partial charge in [-0.15, -0.1) is 0 Å². The third kappa shape index (κ3) is 4.73. The van der Waals surface area contributed by atoms with Crippen LogP contribution in [0.4, 0.5) is 0 Å². The van der Waals surface area contributed by atoms with Crippen molar-refractivity contribution in [3.8, 4) is 0 Å². The van der Waals surface area contributed by atoms with E-state index in [9.17, 15) is 5.11 Å². The summed E-state index contributed by atoms with van der Waals surface area (Å²) in [5.41, 5.74) is -0.267. The van der Waals surface area contributed by atoms with Crippen LogP contribution in [-0.2, 0) is 4.43 Å². The molecule has 0 fully saturated rings. The van der Waals surface area contributed by atoms with Gasteiger partial charge < -0.3 is 9.53 Å². The van der Waals surface area contributed by atoms with Crippen molar-refractivity contribution in [2.75, 3.05) is 0 Å². The van der Waals surface area contributed by atoms with Gasteiger partial charge in [-0.05, 0) is 31.5 Å². The lowest BCUT2D eigenvalue weighted by molar-refractivity contribution is -0.0197. The highest BCUT2D eigenvalue weighted by Gasteiger charge is 2.43. The Bertz CT molecular complexity index is 300. The maximum Gasteiger partial charge on any atom is 0.192 e. The van der Waals surface area contributed by atoms with Crippen LogP contribution in [0.25, 0.3) is 0 Å². The Morgan fingerprint density at radius 3 is 1.95 bits per heavy atom. The third-order valence-electron chi connectivity index (χ3n) is 4.58. The van der Waals surface area contributed by atoms with E-state index in [1.165, 1.54) is 0 Å². The maximum atomic E-state index is 10.3. The normalized spacial score (nSPS) is 17.8. The number of allylic oxidation sites excluding steroid dienone is 1. The van der Waals surface area contributed by atoms with Crippen LogP contribution in [0.15, 0.2) is 12.2 Å². The smallest absolute Gasteiger partial charge is 0.192 e. The first-order chi connectivity index (χ1) is 8.40. The molecule has 1 N–H and O–H groups in total. The molecule has 2 nitrogen and oxygen atoms in total. The summed E-state index contributed by atoms with van der Waals surface area (Å²) in [6.45, 7) is 19.6. The molecular formula is C16H34O2Si. The van der Waals surface area contributed by atoms with Crippen LogP contribution in [0.2, 0.25) is 18.1 Å². The fourth-order valence-electron chi connectivity index (χ4n) is 1.91. The summed E-state index contributed by atoms with van der Waals surface area (Å²) in [6.07, 6.45) is 4.31. The Labute approximate surface area is 121 Å². The molecule has 114 valence electrons. The molecule has 0 aromatic heterocycles. The van der Waals surface area contributed by atoms with Crippen molar-refractivity contribution in [3.05, 3.63) is 12.2 Å². The van der Waals surface area contributed by atoms with E-state index < -0.39 is 14.4 Å². The summed E-state index contributed by atoms with van der Waals surface area (Å²) >= 11 is 0. The van der Waals surface area contributed by atoms with Crippen LogP contribution < -0.4 is 0 Å². The van der Waals surface area contributed by atoms with Crippen molar-refractivity contribution < 1.29 is 9.53 Å². The van der Waals surface area contributed by atoms with E-state index >= 15 is 0 Å².